The lowest BCUT2D eigenvalue weighted by Crippen LogP contribution is -1.88. The van der Waals surface area contributed by atoms with Gasteiger partial charge in [0.2, 0.25) is 5.28 Å². The van der Waals surface area contributed by atoms with Crippen molar-refractivity contribution in [1.29, 1.82) is 0 Å². The smallest absolute Gasteiger partial charge is 0.225 e. The number of thioether (sulfide) groups is 1. The second-order valence-electron chi connectivity index (χ2n) is 2.78. The molecule has 14 heavy (non-hydrogen) atoms. The third kappa shape index (κ3) is 1.83. The van der Waals surface area contributed by atoms with E-state index >= 15 is 0 Å². The molecule has 6 heteroatoms. The van der Waals surface area contributed by atoms with Crippen LogP contribution in [0.15, 0.2) is 11.2 Å². The number of aromatic nitrogens is 4. The molecule has 0 bridgehead atoms. The minimum Gasteiger partial charge on any atom is -0.261 e. The Morgan fingerprint density at radius 3 is 3.14 bits per heavy atom. The summed E-state index contributed by atoms with van der Waals surface area (Å²) < 4.78 is 0. The van der Waals surface area contributed by atoms with Crippen LogP contribution in [0.25, 0.3) is 11.0 Å². The summed E-state index contributed by atoms with van der Waals surface area (Å²) in [4.78, 5) is 8.20. The van der Waals surface area contributed by atoms with Crippen molar-refractivity contribution < 1.29 is 0 Å². The first kappa shape index (κ1) is 9.73. The number of halogens is 1. The van der Waals surface area contributed by atoms with E-state index in [9.17, 15) is 0 Å². The van der Waals surface area contributed by atoms with Crippen LogP contribution >= 0.6 is 23.4 Å². The molecule has 0 aliphatic rings. The summed E-state index contributed by atoms with van der Waals surface area (Å²) in [6, 6.07) is 0. The van der Waals surface area contributed by atoms with E-state index in [4.69, 9.17) is 11.6 Å². The van der Waals surface area contributed by atoms with Crippen molar-refractivity contribution in [2.45, 2.75) is 18.4 Å². The maximum absolute atomic E-state index is 5.78. The largest absolute Gasteiger partial charge is 0.261 e. The molecule has 0 aliphatic heterocycles. The zero-order chi connectivity index (χ0) is 9.97. The standard InChI is InChI=1S/C8H9ClN4S/c1-2-3-14-7-5-4-10-13-6(5)11-8(9)12-7/h4H,2-3H2,1H3,(H,10,11,12,13). The van der Waals surface area contributed by atoms with Crippen LogP contribution in [0.3, 0.4) is 0 Å². The molecule has 2 aromatic heterocycles. The molecular weight excluding hydrogens is 220 g/mol. The third-order valence-electron chi connectivity index (χ3n) is 1.69. The van der Waals surface area contributed by atoms with Gasteiger partial charge in [0.15, 0.2) is 5.65 Å². The fourth-order valence-electron chi connectivity index (χ4n) is 1.09. The van der Waals surface area contributed by atoms with Crippen molar-refractivity contribution in [2.24, 2.45) is 0 Å². The molecule has 2 heterocycles. The topological polar surface area (TPSA) is 54.5 Å². The fraction of sp³-hybridized carbons (Fsp3) is 0.375. The Balaban J connectivity index is 2.44. The summed E-state index contributed by atoms with van der Waals surface area (Å²) >= 11 is 7.45. The minimum absolute atomic E-state index is 0.264. The van der Waals surface area contributed by atoms with Crippen molar-refractivity contribution in [1.82, 2.24) is 20.2 Å². The first-order valence-corrected chi connectivity index (χ1v) is 5.67. The van der Waals surface area contributed by atoms with Crippen molar-refractivity contribution in [3.05, 3.63) is 11.5 Å². The summed E-state index contributed by atoms with van der Waals surface area (Å²) in [7, 11) is 0. The highest BCUT2D eigenvalue weighted by Crippen LogP contribution is 2.25. The van der Waals surface area contributed by atoms with Crippen molar-refractivity contribution in [3.63, 3.8) is 0 Å². The zero-order valence-electron chi connectivity index (χ0n) is 7.62. The maximum atomic E-state index is 5.78. The van der Waals surface area contributed by atoms with Gasteiger partial charge < -0.3 is 0 Å². The molecule has 4 nitrogen and oxygen atoms in total. The maximum Gasteiger partial charge on any atom is 0.225 e. The van der Waals surface area contributed by atoms with Crippen LogP contribution < -0.4 is 0 Å². The van der Waals surface area contributed by atoms with Crippen molar-refractivity contribution in [2.75, 3.05) is 5.75 Å². The highest BCUT2D eigenvalue weighted by Gasteiger charge is 2.07. The molecule has 0 unspecified atom stereocenters. The summed E-state index contributed by atoms with van der Waals surface area (Å²) in [5.74, 6) is 1.02. The number of nitrogens with zero attached hydrogens (tertiary/aromatic N) is 3. The Morgan fingerprint density at radius 2 is 2.36 bits per heavy atom. The number of fused-ring (bicyclic) bond motifs is 1. The molecule has 2 rings (SSSR count). The van der Waals surface area contributed by atoms with Gasteiger partial charge in [-0.05, 0) is 23.8 Å². The summed E-state index contributed by atoms with van der Waals surface area (Å²) in [6.45, 7) is 2.13. The zero-order valence-corrected chi connectivity index (χ0v) is 9.19. The molecule has 1 N–H and O–H groups in total. The molecule has 0 atom stereocenters. The van der Waals surface area contributed by atoms with Gasteiger partial charge in [-0.3, -0.25) is 5.10 Å². The SMILES string of the molecule is CCCSc1nc(Cl)nc2[nH]ncc12. The second kappa shape index (κ2) is 4.14. The molecule has 0 saturated heterocycles. The Bertz CT molecular complexity index is 442. The number of nitrogens with one attached hydrogen (secondary N) is 1. The lowest BCUT2D eigenvalue weighted by molar-refractivity contribution is 1.06. The average Bonchev–Trinajstić information content (AvgIpc) is 2.61. The van der Waals surface area contributed by atoms with Gasteiger partial charge in [-0.2, -0.15) is 10.1 Å². The molecule has 0 aliphatic carbocycles. The van der Waals surface area contributed by atoms with Gasteiger partial charge >= 0.3 is 0 Å². The van der Waals surface area contributed by atoms with Gasteiger partial charge in [0.25, 0.3) is 0 Å². The number of rotatable bonds is 3. The molecule has 0 aromatic carbocycles. The van der Waals surface area contributed by atoms with Gasteiger partial charge in [0, 0.05) is 0 Å². The summed E-state index contributed by atoms with van der Waals surface area (Å²) in [5, 5.41) is 8.79. The second-order valence-corrected chi connectivity index (χ2v) is 4.20. The van der Waals surface area contributed by atoms with E-state index in [1.165, 1.54) is 0 Å². The van der Waals surface area contributed by atoms with Gasteiger partial charge in [-0.1, -0.05) is 6.92 Å². The predicted octanol–water partition coefficient (Wildman–Crippen LogP) is 2.51. The molecular formula is C8H9ClN4S. The van der Waals surface area contributed by atoms with E-state index in [0.29, 0.717) is 5.65 Å². The Hall–Kier alpha value is -0.810. The molecule has 74 valence electrons. The summed E-state index contributed by atoms with van der Waals surface area (Å²) in [6.07, 6.45) is 2.83. The molecule has 0 spiro atoms. The molecule has 2 aromatic rings. The van der Waals surface area contributed by atoms with Gasteiger partial charge in [-0.25, -0.2) is 4.98 Å². The third-order valence-corrected chi connectivity index (χ3v) is 3.06. The number of aromatic amines is 1. The quantitative estimate of drug-likeness (QED) is 0.498. The van der Waals surface area contributed by atoms with Gasteiger partial charge in [0.1, 0.15) is 5.03 Å². The van der Waals surface area contributed by atoms with Crippen LogP contribution in [0.4, 0.5) is 0 Å². The molecule has 0 radical (unpaired) electrons. The van der Waals surface area contributed by atoms with Crippen LogP contribution in [0, 0.1) is 0 Å². The van der Waals surface area contributed by atoms with Crippen LogP contribution in [0.5, 0.6) is 0 Å². The first-order valence-electron chi connectivity index (χ1n) is 4.30. The molecule has 0 saturated carbocycles. The van der Waals surface area contributed by atoms with E-state index in [-0.39, 0.29) is 5.28 Å². The predicted molar refractivity (Wildman–Crippen MR) is 57.7 cm³/mol. The first-order chi connectivity index (χ1) is 6.81. The van der Waals surface area contributed by atoms with Crippen LogP contribution in [0.1, 0.15) is 13.3 Å². The highest BCUT2D eigenvalue weighted by molar-refractivity contribution is 7.99. The Kier molecular flexibility index (Phi) is 2.88. The number of H-pyrrole nitrogens is 1. The molecule has 0 amide bonds. The van der Waals surface area contributed by atoms with E-state index in [2.05, 4.69) is 27.1 Å². The summed E-state index contributed by atoms with van der Waals surface area (Å²) in [5.41, 5.74) is 0.698. The Morgan fingerprint density at radius 1 is 1.50 bits per heavy atom. The normalized spacial score (nSPS) is 11.0. The van der Waals surface area contributed by atoms with Crippen LogP contribution in [-0.2, 0) is 0 Å². The van der Waals surface area contributed by atoms with E-state index < -0.39 is 0 Å². The van der Waals surface area contributed by atoms with Crippen LogP contribution in [0.2, 0.25) is 5.28 Å². The van der Waals surface area contributed by atoms with E-state index in [1.54, 1.807) is 18.0 Å². The fourth-order valence-corrected chi connectivity index (χ4v) is 2.16. The number of hydrogen-bond acceptors (Lipinski definition) is 4. The Labute approximate surface area is 90.5 Å². The van der Waals surface area contributed by atoms with Crippen LogP contribution in [-0.4, -0.2) is 25.9 Å². The molecule has 0 fully saturated rings. The average molecular weight is 229 g/mol. The minimum atomic E-state index is 0.264. The highest BCUT2D eigenvalue weighted by atomic mass is 35.5. The van der Waals surface area contributed by atoms with Crippen molar-refractivity contribution >= 4 is 34.4 Å². The lowest BCUT2D eigenvalue weighted by atomic mass is 10.4. The van der Waals surface area contributed by atoms with Crippen molar-refractivity contribution in [3.8, 4) is 0 Å². The monoisotopic (exact) mass is 228 g/mol. The number of hydrogen-bond donors (Lipinski definition) is 1. The van der Waals surface area contributed by atoms with Gasteiger partial charge in [0.05, 0.1) is 11.6 Å². The lowest BCUT2D eigenvalue weighted by Gasteiger charge is -1.99. The van der Waals surface area contributed by atoms with Gasteiger partial charge in [-0.15, -0.1) is 11.8 Å². The van der Waals surface area contributed by atoms with E-state index in [1.807, 2.05) is 0 Å². The van der Waals surface area contributed by atoms with E-state index in [0.717, 1.165) is 22.6 Å².